The molecule has 0 aromatic rings. The number of carbonyl (C=O) groups excluding carboxylic acids is 1. The minimum absolute atomic E-state index is 0.319. The van der Waals surface area contributed by atoms with Gasteiger partial charge >= 0.3 is 0 Å². The normalized spacial score (nSPS) is 16.2. The van der Waals surface area contributed by atoms with Gasteiger partial charge in [-0.1, -0.05) is 77.6 Å². The van der Waals surface area contributed by atoms with Gasteiger partial charge in [0.25, 0.3) is 0 Å². The van der Waals surface area contributed by atoms with Crippen molar-refractivity contribution in [1.29, 1.82) is 0 Å². The quantitative estimate of drug-likeness (QED) is 0.204. The van der Waals surface area contributed by atoms with Crippen molar-refractivity contribution in [3.8, 4) is 0 Å². The van der Waals surface area contributed by atoms with Crippen LogP contribution in [-0.4, -0.2) is 64.3 Å². The molecule has 0 heterocycles. The van der Waals surface area contributed by atoms with Crippen molar-refractivity contribution in [3.05, 3.63) is 0 Å². The summed E-state index contributed by atoms with van der Waals surface area (Å²) in [7, 11) is 0. The Kier molecular flexibility index (Phi) is 17.5. The molecule has 0 bridgehead atoms. The molecule has 6 nitrogen and oxygen atoms in total. The van der Waals surface area contributed by atoms with E-state index in [-0.39, 0.29) is 0 Å². The zero-order chi connectivity index (χ0) is 19.6. The van der Waals surface area contributed by atoms with E-state index in [9.17, 15) is 20.1 Å². The van der Waals surface area contributed by atoms with Gasteiger partial charge in [-0.2, -0.15) is 0 Å². The molecule has 0 aliphatic rings. The van der Waals surface area contributed by atoms with Crippen LogP contribution >= 0.6 is 0 Å². The summed E-state index contributed by atoms with van der Waals surface area (Å²) in [6.45, 7) is 1.86. The summed E-state index contributed by atoms with van der Waals surface area (Å²) in [6, 6.07) is 0. The summed E-state index contributed by atoms with van der Waals surface area (Å²) in [5, 5.41) is 37.4. The summed E-state index contributed by atoms with van der Waals surface area (Å²) >= 11 is 0. The van der Waals surface area contributed by atoms with Gasteiger partial charge < -0.3 is 30.0 Å². The minimum Gasteiger partial charge on any atom is -0.394 e. The summed E-state index contributed by atoms with van der Waals surface area (Å²) in [5.41, 5.74) is 0. The maximum atomic E-state index is 11.0. The third kappa shape index (κ3) is 12.8. The van der Waals surface area contributed by atoms with E-state index in [0.29, 0.717) is 12.9 Å². The summed E-state index contributed by atoms with van der Waals surface area (Å²) < 4.78 is 5.29. The fourth-order valence-corrected chi connectivity index (χ4v) is 2.91. The van der Waals surface area contributed by atoms with Crippen LogP contribution in [0.25, 0.3) is 0 Å². The van der Waals surface area contributed by atoms with Crippen molar-refractivity contribution in [2.75, 3.05) is 13.2 Å². The fourth-order valence-electron chi connectivity index (χ4n) is 2.91. The topological polar surface area (TPSA) is 107 Å². The molecule has 4 atom stereocenters. The highest BCUT2D eigenvalue weighted by atomic mass is 16.5. The van der Waals surface area contributed by atoms with Crippen molar-refractivity contribution < 1.29 is 30.0 Å². The van der Waals surface area contributed by atoms with Crippen LogP contribution in [0.5, 0.6) is 0 Å². The van der Waals surface area contributed by atoms with Crippen LogP contribution < -0.4 is 0 Å². The van der Waals surface area contributed by atoms with Gasteiger partial charge in [-0.3, -0.25) is 0 Å². The Balaban J connectivity index is 3.56. The van der Waals surface area contributed by atoms with Crippen molar-refractivity contribution in [2.45, 2.75) is 108 Å². The fraction of sp³-hybridized carbons (Fsp3) is 0.950. The van der Waals surface area contributed by atoms with Crippen LogP contribution in [0.15, 0.2) is 0 Å². The number of ether oxygens (including phenoxy) is 1. The first-order valence-electron chi connectivity index (χ1n) is 10.3. The number of hydrogen-bond donors (Lipinski definition) is 4. The van der Waals surface area contributed by atoms with Gasteiger partial charge in [0.1, 0.15) is 24.4 Å². The third-order valence-electron chi connectivity index (χ3n) is 4.71. The molecular formula is C20H40O6. The lowest BCUT2D eigenvalue weighted by Gasteiger charge is -2.25. The molecule has 0 aliphatic heterocycles. The van der Waals surface area contributed by atoms with Crippen LogP contribution in [0.3, 0.4) is 0 Å². The smallest absolute Gasteiger partial charge is 0.151 e. The van der Waals surface area contributed by atoms with E-state index in [1.54, 1.807) is 0 Å². The first kappa shape index (κ1) is 25.5. The second-order valence-electron chi connectivity index (χ2n) is 7.09. The molecule has 0 spiro atoms. The second kappa shape index (κ2) is 17.9. The predicted octanol–water partition coefficient (Wildman–Crippen LogP) is 2.35. The Hall–Kier alpha value is -0.530. The average Bonchev–Trinajstić information content (AvgIpc) is 2.66. The van der Waals surface area contributed by atoms with Crippen LogP contribution in [0.2, 0.25) is 0 Å². The molecule has 0 aromatic carbocycles. The van der Waals surface area contributed by atoms with Gasteiger partial charge in [-0.25, -0.2) is 0 Å². The molecule has 156 valence electrons. The molecule has 6 heteroatoms. The number of unbranched alkanes of at least 4 members (excludes halogenated alkanes) is 11. The Labute approximate surface area is 158 Å². The van der Waals surface area contributed by atoms with E-state index in [4.69, 9.17) is 9.84 Å². The molecule has 0 aliphatic carbocycles. The SMILES string of the molecule is CCCCCCCCCCCCCCO[C@@H](C=O)[C@@H](O)[C@@H](O)[C@H](O)CO. The van der Waals surface area contributed by atoms with E-state index >= 15 is 0 Å². The van der Waals surface area contributed by atoms with Crippen molar-refractivity contribution in [1.82, 2.24) is 0 Å². The lowest BCUT2D eigenvalue weighted by molar-refractivity contribution is -0.146. The lowest BCUT2D eigenvalue weighted by Crippen LogP contribution is -2.47. The standard InChI is InChI=1S/C20H40O6/c1-2-3-4-5-6-7-8-9-10-11-12-13-14-26-18(16-22)20(25)19(24)17(23)15-21/h16-21,23-25H,2-15H2,1H3/t17-,18+,19+,20-/m1/s1. The highest BCUT2D eigenvalue weighted by Gasteiger charge is 2.31. The molecule has 0 aromatic heterocycles. The average molecular weight is 377 g/mol. The van der Waals surface area contributed by atoms with Crippen LogP contribution in [0.1, 0.15) is 84.0 Å². The molecular weight excluding hydrogens is 336 g/mol. The molecule has 0 saturated carbocycles. The van der Waals surface area contributed by atoms with E-state index in [1.165, 1.54) is 57.8 Å². The molecule has 0 saturated heterocycles. The van der Waals surface area contributed by atoms with E-state index in [1.807, 2.05) is 0 Å². The number of aliphatic hydroxyl groups is 4. The first-order chi connectivity index (χ1) is 12.6. The number of aliphatic hydroxyl groups excluding tert-OH is 4. The van der Waals surface area contributed by atoms with Gasteiger partial charge in [0, 0.05) is 6.61 Å². The molecule has 0 rings (SSSR count). The largest absolute Gasteiger partial charge is 0.394 e. The minimum atomic E-state index is -1.61. The van der Waals surface area contributed by atoms with Gasteiger partial charge in [0.2, 0.25) is 0 Å². The molecule has 4 N–H and O–H groups in total. The van der Waals surface area contributed by atoms with E-state index < -0.39 is 31.0 Å². The zero-order valence-electron chi connectivity index (χ0n) is 16.4. The first-order valence-corrected chi connectivity index (χ1v) is 10.3. The van der Waals surface area contributed by atoms with Crippen molar-refractivity contribution in [3.63, 3.8) is 0 Å². The van der Waals surface area contributed by atoms with Gasteiger partial charge in [0.15, 0.2) is 6.29 Å². The summed E-state index contributed by atoms with van der Waals surface area (Å²) in [6.07, 6.45) is 9.27. The highest BCUT2D eigenvalue weighted by Crippen LogP contribution is 2.12. The zero-order valence-corrected chi connectivity index (χ0v) is 16.4. The monoisotopic (exact) mass is 376 g/mol. The van der Waals surface area contributed by atoms with Crippen LogP contribution in [-0.2, 0) is 9.53 Å². The predicted molar refractivity (Wildman–Crippen MR) is 102 cm³/mol. The van der Waals surface area contributed by atoms with Crippen LogP contribution in [0.4, 0.5) is 0 Å². The Morgan fingerprint density at radius 3 is 1.65 bits per heavy atom. The summed E-state index contributed by atoms with van der Waals surface area (Å²) in [5.74, 6) is 0. The van der Waals surface area contributed by atoms with Gasteiger partial charge in [-0.05, 0) is 6.42 Å². The maximum Gasteiger partial charge on any atom is 0.151 e. The number of carbonyl (C=O) groups is 1. The van der Waals surface area contributed by atoms with Crippen molar-refractivity contribution in [2.24, 2.45) is 0 Å². The Morgan fingerprint density at radius 2 is 1.23 bits per heavy atom. The number of hydrogen-bond acceptors (Lipinski definition) is 6. The van der Waals surface area contributed by atoms with Crippen LogP contribution in [0, 0.1) is 0 Å². The van der Waals surface area contributed by atoms with E-state index in [0.717, 1.165) is 19.3 Å². The third-order valence-corrected chi connectivity index (χ3v) is 4.71. The number of aldehydes is 1. The molecule has 0 amide bonds. The summed E-state index contributed by atoms with van der Waals surface area (Å²) in [4.78, 5) is 11.0. The second-order valence-corrected chi connectivity index (χ2v) is 7.09. The Bertz CT molecular complexity index is 313. The van der Waals surface area contributed by atoms with E-state index in [2.05, 4.69) is 6.92 Å². The number of rotatable bonds is 19. The molecule has 0 unspecified atom stereocenters. The maximum absolute atomic E-state index is 11.0. The van der Waals surface area contributed by atoms with Gasteiger partial charge in [0.05, 0.1) is 6.61 Å². The Morgan fingerprint density at radius 1 is 0.769 bits per heavy atom. The van der Waals surface area contributed by atoms with Gasteiger partial charge in [-0.15, -0.1) is 0 Å². The molecule has 26 heavy (non-hydrogen) atoms. The highest BCUT2D eigenvalue weighted by molar-refractivity contribution is 5.57. The molecule has 0 fully saturated rings. The van der Waals surface area contributed by atoms with Crippen molar-refractivity contribution >= 4 is 6.29 Å². The lowest BCUT2D eigenvalue weighted by atomic mass is 10.0. The molecule has 0 radical (unpaired) electrons.